The number of nitrogens with zero attached hydrogens (tertiary/aromatic N) is 2. The van der Waals surface area contributed by atoms with Gasteiger partial charge in [0.25, 0.3) is 0 Å². The quantitative estimate of drug-likeness (QED) is 0.797. The van der Waals surface area contributed by atoms with Crippen molar-refractivity contribution in [3.05, 3.63) is 23.5 Å². The van der Waals surface area contributed by atoms with Gasteiger partial charge in [-0.2, -0.15) is 0 Å². The average molecular weight is 246 g/mol. The summed E-state index contributed by atoms with van der Waals surface area (Å²) in [5.74, 6) is 0.338. The maximum absolute atomic E-state index is 11.8. The molecule has 0 aromatic carbocycles. The second-order valence-electron chi connectivity index (χ2n) is 5.51. The van der Waals surface area contributed by atoms with Crippen molar-refractivity contribution in [3.63, 3.8) is 0 Å². The maximum atomic E-state index is 11.8. The molecule has 1 fully saturated rings. The Morgan fingerprint density at radius 1 is 1.39 bits per heavy atom. The number of hydrogen-bond donors (Lipinski definition) is 0. The molecule has 1 aromatic heterocycles. The lowest BCUT2D eigenvalue weighted by Crippen LogP contribution is -2.30. The molecule has 3 nitrogen and oxygen atoms in total. The molecule has 18 heavy (non-hydrogen) atoms. The van der Waals surface area contributed by atoms with Crippen LogP contribution in [-0.4, -0.2) is 34.4 Å². The highest BCUT2D eigenvalue weighted by Gasteiger charge is 2.27. The van der Waals surface area contributed by atoms with E-state index in [-0.39, 0.29) is 0 Å². The standard InChI is InChI=1S/C15H22N2O/c1-2-16(12-6-7-12)10-11-17-9-8-13-14(17)4-3-5-15(13)18/h8-9,12H,2-7,10-11H2,1H3. The minimum atomic E-state index is 0.338. The second-order valence-corrected chi connectivity index (χ2v) is 5.51. The first-order valence-electron chi connectivity index (χ1n) is 7.25. The lowest BCUT2D eigenvalue weighted by molar-refractivity contribution is 0.0971. The summed E-state index contributed by atoms with van der Waals surface area (Å²) in [6, 6.07) is 2.85. The molecule has 0 saturated heterocycles. The van der Waals surface area contributed by atoms with Crippen LogP contribution in [0.3, 0.4) is 0 Å². The van der Waals surface area contributed by atoms with Gasteiger partial charge in [0.1, 0.15) is 0 Å². The molecule has 0 bridgehead atoms. The number of carbonyl (C=O) groups is 1. The molecule has 3 rings (SSSR count). The normalized spacial score (nSPS) is 19.3. The van der Waals surface area contributed by atoms with Gasteiger partial charge in [-0.1, -0.05) is 6.92 Å². The molecule has 0 N–H and O–H groups in total. The Labute approximate surface area is 109 Å². The summed E-state index contributed by atoms with van der Waals surface area (Å²) in [5.41, 5.74) is 2.26. The lowest BCUT2D eigenvalue weighted by Gasteiger charge is -2.21. The van der Waals surface area contributed by atoms with Crippen molar-refractivity contribution >= 4 is 5.78 Å². The Hall–Kier alpha value is -1.09. The Morgan fingerprint density at radius 3 is 2.94 bits per heavy atom. The first-order valence-corrected chi connectivity index (χ1v) is 7.25. The number of aromatic nitrogens is 1. The van der Waals surface area contributed by atoms with Gasteiger partial charge in [0.2, 0.25) is 0 Å². The van der Waals surface area contributed by atoms with Crippen LogP contribution in [0.2, 0.25) is 0 Å². The number of Topliss-reactive ketones (excluding diaryl/α,β-unsaturated/α-hetero) is 1. The highest BCUT2D eigenvalue weighted by atomic mass is 16.1. The maximum Gasteiger partial charge on any atom is 0.164 e. The minimum Gasteiger partial charge on any atom is -0.349 e. The fourth-order valence-electron chi connectivity index (χ4n) is 3.07. The molecule has 1 heterocycles. The monoisotopic (exact) mass is 246 g/mol. The molecule has 0 atom stereocenters. The van der Waals surface area contributed by atoms with Crippen LogP contribution in [0.4, 0.5) is 0 Å². The van der Waals surface area contributed by atoms with Crippen LogP contribution in [0, 0.1) is 0 Å². The molecule has 98 valence electrons. The molecule has 2 aliphatic rings. The first-order chi connectivity index (χ1) is 8.79. The Morgan fingerprint density at radius 2 is 2.22 bits per heavy atom. The van der Waals surface area contributed by atoms with Gasteiger partial charge in [0, 0.05) is 43.0 Å². The largest absolute Gasteiger partial charge is 0.349 e. The Kier molecular flexibility index (Phi) is 3.25. The van der Waals surface area contributed by atoms with Gasteiger partial charge in [0.15, 0.2) is 5.78 Å². The van der Waals surface area contributed by atoms with E-state index < -0.39 is 0 Å². The van der Waals surface area contributed by atoms with E-state index in [1.807, 2.05) is 6.07 Å². The van der Waals surface area contributed by atoms with Crippen molar-refractivity contribution in [2.45, 2.75) is 51.6 Å². The van der Waals surface area contributed by atoms with Crippen LogP contribution >= 0.6 is 0 Å². The summed E-state index contributed by atoms with van der Waals surface area (Å²) >= 11 is 0. The Bertz CT molecular complexity index is 445. The third-order valence-corrected chi connectivity index (χ3v) is 4.29. The summed E-state index contributed by atoms with van der Waals surface area (Å²) in [6.07, 6.45) is 7.68. The van der Waals surface area contributed by atoms with Crippen LogP contribution < -0.4 is 0 Å². The average Bonchev–Trinajstić information content (AvgIpc) is 3.12. The van der Waals surface area contributed by atoms with Crippen LogP contribution in [0.1, 0.15) is 48.7 Å². The van der Waals surface area contributed by atoms with E-state index >= 15 is 0 Å². The van der Waals surface area contributed by atoms with Crippen LogP contribution in [0.5, 0.6) is 0 Å². The van der Waals surface area contributed by atoms with Crippen molar-refractivity contribution in [1.29, 1.82) is 0 Å². The van der Waals surface area contributed by atoms with Crippen molar-refractivity contribution < 1.29 is 4.79 Å². The van der Waals surface area contributed by atoms with Crippen LogP contribution in [0.15, 0.2) is 12.3 Å². The molecule has 0 spiro atoms. The third kappa shape index (κ3) is 2.24. The SMILES string of the molecule is CCN(CCn1ccc2c1CCCC2=O)C1CC1. The summed E-state index contributed by atoms with van der Waals surface area (Å²) < 4.78 is 2.30. The van der Waals surface area contributed by atoms with E-state index in [4.69, 9.17) is 0 Å². The zero-order chi connectivity index (χ0) is 12.5. The van der Waals surface area contributed by atoms with Gasteiger partial charge in [-0.15, -0.1) is 0 Å². The lowest BCUT2D eigenvalue weighted by atomic mass is 9.97. The molecular weight excluding hydrogens is 224 g/mol. The van der Waals surface area contributed by atoms with E-state index in [1.54, 1.807) is 0 Å². The molecule has 3 heteroatoms. The van der Waals surface area contributed by atoms with Crippen LogP contribution in [-0.2, 0) is 13.0 Å². The van der Waals surface area contributed by atoms with Crippen molar-refractivity contribution in [1.82, 2.24) is 9.47 Å². The topological polar surface area (TPSA) is 25.2 Å². The van der Waals surface area contributed by atoms with Gasteiger partial charge < -0.3 is 4.57 Å². The Balaban J connectivity index is 1.67. The van der Waals surface area contributed by atoms with E-state index in [0.29, 0.717) is 5.78 Å². The number of likely N-dealkylation sites (N-methyl/N-ethyl adjacent to an activating group) is 1. The molecule has 1 aromatic rings. The summed E-state index contributed by atoms with van der Waals surface area (Å²) in [6.45, 7) is 5.55. The number of ketones is 1. The molecule has 0 unspecified atom stereocenters. The van der Waals surface area contributed by atoms with E-state index in [2.05, 4.69) is 22.6 Å². The predicted octanol–water partition coefficient (Wildman–Crippen LogP) is 2.49. The highest BCUT2D eigenvalue weighted by Crippen LogP contribution is 2.27. The minimum absolute atomic E-state index is 0.338. The summed E-state index contributed by atoms with van der Waals surface area (Å²) in [5, 5.41) is 0. The number of carbonyl (C=O) groups excluding carboxylic acids is 1. The molecule has 0 aliphatic heterocycles. The predicted molar refractivity (Wildman–Crippen MR) is 72.0 cm³/mol. The fourth-order valence-corrected chi connectivity index (χ4v) is 3.07. The molecule has 0 radical (unpaired) electrons. The van der Waals surface area contributed by atoms with Crippen molar-refractivity contribution in [2.24, 2.45) is 0 Å². The number of fused-ring (bicyclic) bond motifs is 1. The zero-order valence-corrected chi connectivity index (χ0v) is 11.2. The zero-order valence-electron chi connectivity index (χ0n) is 11.2. The molecule has 1 saturated carbocycles. The number of rotatable bonds is 5. The number of hydrogen-bond acceptors (Lipinski definition) is 2. The fraction of sp³-hybridized carbons (Fsp3) is 0.667. The van der Waals surface area contributed by atoms with Gasteiger partial charge in [-0.3, -0.25) is 9.69 Å². The second kappa shape index (κ2) is 4.88. The molecule has 2 aliphatic carbocycles. The van der Waals surface area contributed by atoms with Crippen molar-refractivity contribution in [2.75, 3.05) is 13.1 Å². The highest BCUT2D eigenvalue weighted by molar-refractivity contribution is 5.98. The van der Waals surface area contributed by atoms with E-state index in [9.17, 15) is 4.79 Å². The van der Waals surface area contributed by atoms with Crippen molar-refractivity contribution in [3.8, 4) is 0 Å². The smallest absolute Gasteiger partial charge is 0.164 e. The summed E-state index contributed by atoms with van der Waals surface area (Å²) in [7, 11) is 0. The third-order valence-electron chi connectivity index (χ3n) is 4.29. The molecular formula is C15H22N2O. The first kappa shape index (κ1) is 12.0. The van der Waals surface area contributed by atoms with Gasteiger partial charge >= 0.3 is 0 Å². The van der Waals surface area contributed by atoms with Gasteiger partial charge in [-0.05, 0) is 38.3 Å². The van der Waals surface area contributed by atoms with E-state index in [1.165, 1.54) is 18.5 Å². The van der Waals surface area contributed by atoms with E-state index in [0.717, 1.165) is 50.5 Å². The molecule has 0 amide bonds. The van der Waals surface area contributed by atoms with Crippen LogP contribution in [0.25, 0.3) is 0 Å². The van der Waals surface area contributed by atoms with Gasteiger partial charge in [-0.25, -0.2) is 0 Å². The summed E-state index contributed by atoms with van der Waals surface area (Å²) in [4.78, 5) is 14.4. The van der Waals surface area contributed by atoms with Gasteiger partial charge in [0.05, 0.1) is 0 Å².